The van der Waals surface area contributed by atoms with E-state index in [1.807, 2.05) is 0 Å². The third kappa shape index (κ3) is 5.82. The van der Waals surface area contributed by atoms with Crippen LogP contribution in [-0.2, 0) is 4.74 Å². The van der Waals surface area contributed by atoms with Gasteiger partial charge in [-0.15, -0.1) is 0 Å². The molecule has 102 valence electrons. The first-order valence-corrected chi connectivity index (χ1v) is 6.78. The van der Waals surface area contributed by atoms with Crippen molar-refractivity contribution in [3.8, 4) is 0 Å². The van der Waals surface area contributed by atoms with Gasteiger partial charge in [0.2, 0.25) is 0 Å². The van der Waals surface area contributed by atoms with Crippen molar-refractivity contribution in [2.75, 3.05) is 39.3 Å². The van der Waals surface area contributed by atoms with Crippen LogP contribution in [-0.4, -0.2) is 50.5 Å². The number of piperazine rings is 1. The summed E-state index contributed by atoms with van der Waals surface area (Å²) in [6, 6.07) is 0. The lowest BCUT2D eigenvalue weighted by atomic mass is 10.0. The van der Waals surface area contributed by atoms with E-state index in [0.717, 1.165) is 45.8 Å². The molecule has 2 saturated heterocycles. The third-order valence-corrected chi connectivity index (χ3v) is 3.45. The Morgan fingerprint density at radius 2 is 1.71 bits per heavy atom. The lowest BCUT2D eigenvalue weighted by Gasteiger charge is -2.33. The molecule has 2 aliphatic heterocycles. The standard InChI is InChI=1S/C7H15NO.C6H14N2/c1-3-7(2)6-8-4-5-9-7;1-6(2)5-7-3-4-8-6/h8H,3-6H2,1-2H3;7-8H,3-5H2,1-2H3. The Labute approximate surface area is 106 Å². The molecule has 0 saturated carbocycles. The van der Waals surface area contributed by atoms with Gasteiger partial charge in [-0.3, -0.25) is 0 Å². The fraction of sp³-hybridized carbons (Fsp3) is 1.00. The van der Waals surface area contributed by atoms with E-state index in [-0.39, 0.29) is 5.60 Å². The summed E-state index contributed by atoms with van der Waals surface area (Å²) >= 11 is 0. The van der Waals surface area contributed by atoms with Crippen LogP contribution in [0.4, 0.5) is 0 Å². The Morgan fingerprint density at radius 1 is 1.00 bits per heavy atom. The van der Waals surface area contributed by atoms with Gasteiger partial charge < -0.3 is 20.7 Å². The van der Waals surface area contributed by atoms with Gasteiger partial charge in [0.15, 0.2) is 0 Å². The molecule has 0 spiro atoms. The minimum atomic E-state index is 0.109. The van der Waals surface area contributed by atoms with Gasteiger partial charge in [-0.1, -0.05) is 6.92 Å². The van der Waals surface area contributed by atoms with E-state index in [1.54, 1.807) is 0 Å². The van der Waals surface area contributed by atoms with Crippen LogP contribution in [0.5, 0.6) is 0 Å². The summed E-state index contributed by atoms with van der Waals surface area (Å²) in [6.07, 6.45) is 1.10. The summed E-state index contributed by atoms with van der Waals surface area (Å²) in [4.78, 5) is 0. The number of morpholine rings is 1. The molecule has 0 bridgehead atoms. The predicted octanol–water partition coefficient (Wildman–Crippen LogP) is 0.733. The van der Waals surface area contributed by atoms with Crippen LogP contribution in [0.1, 0.15) is 34.1 Å². The summed E-state index contributed by atoms with van der Waals surface area (Å²) in [6.45, 7) is 14.9. The SMILES string of the molecule is CC1(C)CNCCN1.CCC1(C)CNCCO1. The average Bonchev–Trinajstić information content (AvgIpc) is 2.31. The fourth-order valence-electron chi connectivity index (χ4n) is 1.95. The number of ether oxygens (including phenoxy) is 1. The van der Waals surface area contributed by atoms with Gasteiger partial charge in [-0.05, 0) is 27.2 Å². The molecule has 0 aromatic rings. The first-order chi connectivity index (χ1) is 7.97. The Bertz CT molecular complexity index is 205. The molecule has 2 rings (SSSR count). The van der Waals surface area contributed by atoms with E-state index in [2.05, 4.69) is 43.6 Å². The van der Waals surface area contributed by atoms with Gasteiger partial charge in [0.05, 0.1) is 12.2 Å². The highest BCUT2D eigenvalue weighted by atomic mass is 16.5. The van der Waals surface area contributed by atoms with Gasteiger partial charge >= 0.3 is 0 Å². The Hall–Kier alpha value is -0.160. The number of hydrogen-bond acceptors (Lipinski definition) is 4. The molecule has 1 atom stereocenters. The second-order valence-corrected chi connectivity index (χ2v) is 5.82. The molecule has 0 aromatic heterocycles. The molecule has 2 fully saturated rings. The smallest absolute Gasteiger partial charge is 0.0776 e. The quantitative estimate of drug-likeness (QED) is 0.635. The molecule has 17 heavy (non-hydrogen) atoms. The monoisotopic (exact) mass is 243 g/mol. The van der Waals surface area contributed by atoms with E-state index in [1.165, 1.54) is 0 Å². The van der Waals surface area contributed by atoms with Gasteiger partial charge in [-0.25, -0.2) is 0 Å². The van der Waals surface area contributed by atoms with Crippen molar-refractivity contribution in [3.05, 3.63) is 0 Å². The Morgan fingerprint density at radius 3 is 2.00 bits per heavy atom. The molecule has 0 aromatic carbocycles. The molecule has 4 heteroatoms. The second kappa shape index (κ2) is 6.69. The average molecular weight is 243 g/mol. The van der Waals surface area contributed by atoms with Crippen molar-refractivity contribution in [2.45, 2.75) is 45.3 Å². The van der Waals surface area contributed by atoms with Crippen molar-refractivity contribution in [2.24, 2.45) is 0 Å². The lowest BCUT2D eigenvalue weighted by molar-refractivity contribution is -0.0544. The Balaban J connectivity index is 0.000000171. The van der Waals surface area contributed by atoms with Gasteiger partial charge in [0.25, 0.3) is 0 Å². The van der Waals surface area contributed by atoms with Crippen molar-refractivity contribution < 1.29 is 4.74 Å². The third-order valence-electron chi connectivity index (χ3n) is 3.45. The largest absolute Gasteiger partial charge is 0.373 e. The number of rotatable bonds is 1. The van der Waals surface area contributed by atoms with Crippen LogP contribution in [0.15, 0.2) is 0 Å². The minimum Gasteiger partial charge on any atom is -0.373 e. The normalized spacial score (nSPS) is 32.5. The van der Waals surface area contributed by atoms with E-state index in [9.17, 15) is 0 Å². The van der Waals surface area contributed by atoms with Crippen LogP contribution in [0.25, 0.3) is 0 Å². The number of hydrogen-bond donors (Lipinski definition) is 3. The maximum absolute atomic E-state index is 5.55. The minimum absolute atomic E-state index is 0.109. The molecule has 2 heterocycles. The summed E-state index contributed by atoms with van der Waals surface area (Å²) in [5, 5.41) is 10.0. The predicted molar refractivity (Wildman–Crippen MR) is 72.5 cm³/mol. The molecule has 0 radical (unpaired) electrons. The molecule has 2 aliphatic rings. The van der Waals surface area contributed by atoms with Crippen LogP contribution in [0, 0.1) is 0 Å². The van der Waals surface area contributed by atoms with E-state index in [4.69, 9.17) is 4.74 Å². The van der Waals surface area contributed by atoms with Gasteiger partial charge in [-0.2, -0.15) is 0 Å². The zero-order chi connectivity index (χ0) is 12.8. The van der Waals surface area contributed by atoms with Crippen molar-refractivity contribution >= 4 is 0 Å². The Kier molecular flexibility index (Phi) is 5.86. The molecular weight excluding hydrogens is 214 g/mol. The summed E-state index contributed by atoms with van der Waals surface area (Å²) in [5.41, 5.74) is 0.427. The first kappa shape index (κ1) is 14.9. The molecular formula is C13H29N3O. The lowest BCUT2D eigenvalue weighted by Crippen LogP contribution is -2.55. The molecule has 1 unspecified atom stereocenters. The topological polar surface area (TPSA) is 45.3 Å². The maximum Gasteiger partial charge on any atom is 0.0776 e. The number of nitrogens with one attached hydrogen (secondary N) is 3. The van der Waals surface area contributed by atoms with Crippen LogP contribution < -0.4 is 16.0 Å². The molecule has 4 nitrogen and oxygen atoms in total. The van der Waals surface area contributed by atoms with Crippen LogP contribution >= 0.6 is 0 Å². The highest BCUT2D eigenvalue weighted by molar-refractivity contribution is 4.83. The fourth-order valence-corrected chi connectivity index (χ4v) is 1.95. The van der Waals surface area contributed by atoms with E-state index in [0.29, 0.717) is 5.54 Å². The van der Waals surface area contributed by atoms with Gasteiger partial charge in [0.1, 0.15) is 0 Å². The zero-order valence-corrected chi connectivity index (χ0v) is 11.9. The highest BCUT2D eigenvalue weighted by Gasteiger charge is 2.24. The van der Waals surface area contributed by atoms with Crippen LogP contribution in [0.2, 0.25) is 0 Å². The summed E-state index contributed by atoms with van der Waals surface area (Å²) < 4.78 is 5.55. The first-order valence-electron chi connectivity index (χ1n) is 6.78. The molecule has 3 N–H and O–H groups in total. The van der Waals surface area contributed by atoms with E-state index < -0.39 is 0 Å². The zero-order valence-electron chi connectivity index (χ0n) is 11.9. The van der Waals surface area contributed by atoms with Crippen molar-refractivity contribution in [1.82, 2.24) is 16.0 Å². The van der Waals surface area contributed by atoms with Gasteiger partial charge in [0, 0.05) is 38.3 Å². The van der Waals surface area contributed by atoms with E-state index >= 15 is 0 Å². The molecule has 0 aliphatic carbocycles. The van der Waals surface area contributed by atoms with Crippen LogP contribution in [0.3, 0.4) is 0 Å². The maximum atomic E-state index is 5.55. The van der Waals surface area contributed by atoms with Crippen molar-refractivity contribution in [3.63, 3.8) is 0 Å². The van der Waals surface area contributed by atoms with Crippen molar-refractivity contribution in [1.29, 1.82) is 0 Å². The summed E-state index contributed by atoms with van der Waals surface area (Å²) in [7, 11) is 0. The highest BCUT2D eigenvalue weighted by Crippen LogP contribution is 2.15. The molecule has 0 amide bonds. The summed E-state index contributed by atoms with van der Waals surface area (Å²) in [5.74, 6) is 0. The second-order valence-electron chi connectivity index (χ2n) is 5.82.